The van der Waals surface area contributed by atoms with E-state index in [4.69, 9.17) is 32.5 Å². The Labute approximate surface area is 172 Å². The molecule has 12 heteroatoms. The Balaban J connectivity index is 1.89. The summed E-state index contributed by atoms with van der Waals surface area (Å²) in [4.78, 5) is 16.5. The van der Waals surface area contributed by atoms with E-state index in [0.717, 1.165) is 0 Å². The first-order valence-electron chi connectivity index (χ1n) is 8.38. The Morgan fingerprint density at radius 3 is 2.54 bits per heavy atom. The number of hydrogen-bond donors (Lipinski definition) is 1. The van der Waals surface area contributed by atoms with Crippen molar-refractivity contribution in [1.29, 1.82) is 0 Å². The van der Waals surface area contributed by atoms with Gasteiger partial charge in [-0.3, -0.25) is 4.79 Å². The number of ether oxygens (including phenoxy) is 1. The highest BCUT2D eigenvalue weighted by Crippen LogP contribution is 2.31. The number of carbonyl (C=O) groups is 1. The van der Waals surface area contributed by atoms with E-state index in [1.54, 1.807) is 13.8 Å². The highest BCUT2D eigenvalue weighted by Gasteiger charge is 2.30. The van der Waals surface area contributed by atoms with Gasteiger partial charge in [-0.25, -0.2) is 8.42 Å². The number of aromatic nitrogens is 2. The maximum absolute atomic E-state index is 12.9. The van der Waals surface area contributed by atoms with Crippen LogP contribution >= 0.6 is 23.2 Å². The normalized spacial score (nSPS) is 16.7. The lowest BCUT2D eigenvalue weighted by atomic mass is 10.2. The van der Waals surface area contributed by atoms with Gasteiger partial charge in [-0.1, -0.05) is 28.4 Å². The molecule has 1 unspecified atom stereocenters. The number of nitrogens with one attached hydrogen (secondary N) is 1. The van der Waals surface area contributed by atoms with Crippen LogP contribution in [0.3, 0.4) is 0 Å². The molecule has 0 spiro atoms. The maximum Gasteiger partial charge on any atom is 0.253 e. The summed E-state index contributed by atoms with van der Waals surface area (Å²) in [6, 6.07) is 1.82. The van der Waals surface area contributed by atoms with Crippen molar-refractivity contribution in [2.24, 2.45) is 0 Å². The molecule has 1 aliphatic rings. The summed E-state index contributed by atoms with van der Waals surface area (Å²) >= 11 is 12.3. The summed E-state index contributed by atoms with van der Waals surface area (Å²) in [5, 5.41) is 6.29. The van der Waals surface area contributed by atoms with E-state index in [0.29, 0.717) is 19.0 Å². The summed E-state index contributed by atoms with van der Waals surface area (Å²) in [6.07, 6.45) is 0. The van der Waals surface area contributed by atoms with Crippen LogP contribution in [0.2, 0.25) is 10.0 Å². The van der Waals surface area contributed by atoms with Gasteiger partial charge in [-0.05, 0) is 26.0 Å². The van der Waals surface area contributed by atoms with Gasteiger partial charge >= 0.3 is 0 Å². The van der Waals surface area contributed by atoms with E-state index >= 15 is 0 Å². The first-order valence-corrected chi connectivity index (χ1v) is 10.6. The standard InChI is InChI=1S/C16H18Cl2N4O5S/c1-9(16-20-10(2)21-27-16)19-15(23)11-7-14(13(18)8-12(11)17)28(24,25)22-3-5-26-6-4-22/h7-9H,3-6H2,1-2H3,(H,19,23). The van der Waals surface area contributed by atoms with Gasteiger partial charge < -0.3 is 14.6 Å². The fourth-order valence-electron chi connectivity index (χ4n) is 2.65. The minimum absolute atomic E-state index is 0.0253. The van der Waals surface area contributed by atoms with E-state index < -0.39 is 22.0 Å². The predicted molar refractivity (Wildman–Crippen MR) is 101 cm³/mol. The molecule has 0 radical (unpaired) electrons. The van der Waals surface area contributed by atoms with Crippen LogP contribution in [0, 0.1) is 6.92 Å². The van der Waals surface area contributed by atoms with Crippen LogP contribution in [-0.2, 0) is 14.8 Å². The molecule has 1 amide bonds. The zero-order chi connectivity index (χ0) is 20.5. The van der Waals surface area contributed by atoms with Gasteiger partial charge in [0.05, 0.1) is 28.8 Å². The predicted octanol–water partition coefficient (Wildman–Crippen LogP) is 2.20. The van der Waals surface area contributed by atoms with Crippen LogP contribution in [0.4, 0.5) is 0 Å². The lowest BCUT2D eigenvalue weighted by Crippen LogP contribution is -2.40. The number of morpholine rings is 1. The number of benzene rings is 1. The molecule has 2 heterocycles. The Kier molecular flexibility index (Phi) is 6.25. The van der Waals surface area contributed by atoms with Gasteiger partial charge in [-0.15, -0.1) is 0 Å². The highest BCUT2D eigenvalue weighted by atomic mass is 35.5. The number of rotatable bonds is 5. The van der Waals surface area contributed by atoms with Gasteiger partial charge in [0, 0.05) is 13.1 Å². The quantitative estimate of drug-likeness (QED) is 0.744. The molecule has 152 valence electrons. The van der Waals surface area contributed by atoms with E-state index in [-0.39, 0.29) is 39.5 Å². The van der Waals surface area contributed by atoms with Gasteiger partial charge in [-0.2, -0.15) is 9.29 Å². The van der Waals surface area contributed by atoms with Crippen LogP contribution < -0.4 is 5.32 Å². The zero-order valence-corrected chi connectivity index (χ0v) is 17.4. The lowest BCUT2D eigenvalue weighted by molar-refractivity contribution is 0.0730. The van der Waals surface area contributed by atoms with E-state index in [1.165, 1.54) is 16.4 Å². The number of hydrogen-bond acceptors (Lipinski definition) is 7. The third-order valence-corrected chi connectivity index (χ3v) is 6.79. The van der Waals surface area contributed by atoms with Gasteiger partial charge in [0.25, 0.3) is 5.91 Å². The Hall–Kier alpha value is -1.72. The zero-order valence-electron chi connectivity index (χ0n) is 15.1. The molecule has 1 saturated heterocycles. The molecule has 3 rings (SSSR count). The maximum atomic E-state index is 12.9. The van der Waals surface area contributed by atoms with Gasteiger partial charge in [0.2, 0.25) is 15.9 Å². The second-order valence-electron chi connectivity index (χ2n) is 6.15. The molecule has 1 aromatic heterocycles. The smallest absolute Gasteiger partial charge is 0.253 e. The van der Waals surface area contributed by atoms with Crippen molar-refractivity contribution in [3.63, 3.8) is 0 Å². The van der Waals surface area contributed by atoms with Crippen molar-refractivity contribution < 1.29 is 22.5 Å². The summed E-state index contributed by atoms with van der Waals surface area (Å²) in [5.41, 5.74) is -0.0269. The molecule has 1 fully saturated rings. The van der Waals surface area contributed by atoms with Crippen molar-refractivity contribution in [3.8, 4) is 0 Å². The van der Waals surface area contributed by atoms with E-state index in [2.05, 4.69) is 15.5 Å². The van der Waals surface area contributed by atoms with Gasteiger partial charge in [0.15, 0.2) is 5.82 Å². The molecule has 2 aromatic rings. The van der Waals surface area contributed by atoms with Crippen molar-refractivity contribution in [2.45, 2.75) is 24.8 Å². The molecule has 1 aromatic carbocycles. The molecule has 0 bridgehead atoms. The molecular formula is C16H18Cl2N4O5S. The van der Waals surface area contributed by atoms with E-state index in [9.17, 15) is 13.2 Å². The SMILES string of the molecule is Cc1noc(C(C)NC(=O)c2cc(S(=O)(=O)N3CCOCC3)c(Cl)cc2Cl)n1. The Bertz CT molecular complexity index is 989. The molecule has 1 N–H and O–H groups in total. The number of aryl methyl sites for hydroxylation is 1. The van der Waals surface area contributed by atoms with Crippen LogP contribution in [0.1, 0.15) is 35.0 Å². The summed E-state index contributed by atoms with van der Waals surface area (Å²) in [5.74, 6) is 0.0556. The van der Waals surface area contributed by atoms with Crippen molar-refractivity contribution in [2.75, 3.05) is 26.3 Å². The van der Waals surface area contributed by atoms with Crippen LogP contribution in [0.25, 0.3) is 0 Å². The minimum atomic E-state index is -3.90. The van der Waals surface area contributed by atoms with Crippen molar-refractivity contribution >= 4 is 39.1 Å². The number of nitrogens with zero attached hydrogens (tertiary/aromatic N) is 3. The number of carbonyl (C=O) groups excluding carboxylic acids is 1. The highest BCUT2D eigenvalue weighted by molar-refractivity contribution is 7.89. The molecule has 0 aliphatic carbocycles. The molecular weight excluding hydrogens is 431 g/mol. The summed E-state index contributed by atoms with van der Waals surface area (Å²) in [7, 11) is -3.90. The van der Waals surface area contributed by atoms with Gasteiger partial charge in [0.1, 0.15) is 10.9 Å². The Morgan fingerprint density at radius 2 is 1.93 bits per heavy atom. The summed E-state index contributed by atoms with van der Waals surface area (Å²) in [6.45, 7) is 4.30. The third kappa shape index (κ3) is 4.31. The largest absolute Gasteiger partial charge is 0.379 e. The molecule has 1 atom stereocenters. The fraction of sp³-hybridized carbons (Fsp3) is 0.438. The molecule has 0 saturated carbocycles. The molecule has 1 aliphatic heterocycles. The average molecular weight is 449 g/mol. The number of sulfonamides is 1. The monoisotopic (exact) mass is 448 g/mol. The first-order chi connectivity index (χ1) is 13.2. The average Bonchev–Trinajstić information content (AvgIpc) is 3.08. The van der Waals surface area contributed by atoms with Crippen LogP contribution in [0.15, 0.2) is 21.6 Å². The minimum Gasteiger partial charge on any atom is -0.379 e. The lowest BCUT2D eigenvalue weighted by Gasteiger charge is -2.26. The first kappa shape index (κ1) is 21.0. The Morgan fingerprint density at radius 1 is 1.25 bits per heavy atom. The fourth-order valence-corrected chi connectivity index (χ4v) is 4.89. The topological polar surface area (TPSA) is 115 Å². The summed E-state index contributed by atoms with van der Waals surface area (Å²) < 4.78 is 37.3. The van der Waals surface area contributed by atoms with Crippen LogP contribution in [0.5, 0.6) is 0 Å². The second kappa shape index (κ2) is 8.34. The number of halogens is 2. The second-order valence-corrected chi connectivity index (χ2v) is 8.87. The van der Waals surface area contributed by atoms with Crippen molar-refractivity contribution in [3.05, 3.63) is 39.5 Å². The molecule has 28 heavy (non-hydrogen) atoms. The number of amides is 1. The van der Waals surface area contributed by atoms with Crippen molar-refractivity contribution in [1.82, 2.24) is 19.8 Å². The third-order valence-electron chi connectivity index (χ3n) is 4.12. The van der Waals surface area contributed by atoms with E-state index in [1.807, 2.05) is 0 Å². The molecule has 9 nitrogen and oxygen atoms in total. The van der Waals surface area contributed by atoms with Crippen LogP contribution in [-0.4, -0.2) is 55.1 Å².